The van der Waals surface area contributed by atoms with Crippen LogP contribution in [0.4, 0.5) is 0 Å². The number of carbonyl (C=O) groups is 1. The van der Waals surface area contributed by atoms with Gasteiger partial charge in [0.05, 0.1) is 6.26 Å². The van der Waals surface area contributed by atoms with E-state index in [4.69, 9.17) is 4.42 Å². The fourth-order valence-corrected chi connectivity index (χ4v) is 1.56. The molecule has 2 aromatic heterocycles. The number of hydrogen-bond acceptors (Lipinski definition) is 4. The number of hydrogen-bond donors (Lipinski definition) is 2. The monoisotopic (exact) mass is 263 g/mol. The van der Waals surface area contributed by atoms with Crippen LogP contribution in [0.3, 0.4) is 0 Å². The fourth-order valence-electron chi connectivity index (χ4n) is 1.56. The highest BCUT2D eigenvalue weighted by molar-refractivity contribution is 5.75. The molecule has 2 N–H and O–H groups in total. The van der Waals surface area contributed by atoms with Crippen molar-refractivity contribution in [3.8, 4) is 0 Å². The normalized spacial score (nSPS) is 10.3. The summed E-state index contributed by atoms with van der Waals surface area (Å²) in [6.45, 7) is 0.290. The van der Waals surface area contributed by atoms with Gasteiger partial charge in [0.1, 0.15) is 12.3 Å². The SMILES string of the molecule is O=C(Cn1ccc(=O)[nH]c1=O)NCCc1ccco1. The standard InChI is InChI=1S/C12H13N3O4/c16-10-4-6-15(12(18)14-10)8-11(17)13-5-3-9-2-1-7-19-9/h1-2,4,6-7H,3,5,8H2,(H,13,17)(H,14,16,18). The summed E-state index contributed by atoms with van der Waals surface area (Å²) < 4.78 is 6.25. The molecule has 7 heteroatoms. The number of nitrogens with zero attached hydrogens (tertiary/aromatic N) is 1. The highest BCUT2D eigenvalue weighted by atomic mass is 16.3. The van der Waals surface area contributed by atoms with Crippen LogP contribution in [0.1, 0.15) is 5.76 Å². The lowest BCUT2D eigenvalue weighted by molar-refractivity contribution is -0.121. The van der Waals surface area contributed by atoms with E-state index in [1.807, 2.05) is 6.07 Å². The molecule has 2 rings (SSSR count). The maximum atomic E-state index is 11.6. The minimum absolute atomic E-state index is 0.131. The predicted octanol–water partition coefficient (Wildman–Crippen LogP) is -0.511. The van der Waals surface area contributed by atoms with Crippen molar-refractivity contribution in [2.75, 3.05) is 6.54 Å². The first-order chi connectivity index (χ1) is 9.15. The summed E-state index contributed by atoms with van der Waals surface area (Å²) in [5.74, 6) is 0.474. The Bertz CT molecular complexity index is 654. The number of carbonyl (C=O) groups excluding carboxylic acids is 1. The lowest BCUT2D eigenvalue weighted by Gasteiger charge is -2.05. The number of aromatic amines is 1. The molecule has 0 aliphatic heterocycles. The van der Waals surface area contributed by atoms with Gasteiger partial charge in [-0.05, 0) is 12.1 Å². The Hall–Kier alpha value is -2.57. The van der Waals surface area contributed by atoms with Crippen LogP contribution in [0.25, 0.3) is 0 Å². The molecule has 0 fully saturated rings. The largest absolute Gasteiger partial charge is 0.469 e. The van der Waals surface area contributed by atoms with Gasteiger partial charge in [0, 0.05) is 25.2 Å². The Kier molecular flexibility index (Phi) is 3.97. The second-order valence-corrected chi connectivity index (χ2v) is 3.92. The molecule has 0 atom stereocenters. The molecular weight excluding hydrogens is 250 g/mol. The molecule has 0 aliphatic rings. The zero-order valence-corrected chi connectivity index (χ0v) is 10.1. The van der Waals surface area contributed by atoms with Crippen molar-refractivity contribution >= 4 is 5.91 Å². The zero-order chi connectivity index (χ0) is 13.7. The predicted molar refractivity (Wildman–Crippen MR) is 66.7 cm³/mol. The summed E-state index contributed by atoms with van der Waals surface area (Å²) in [5, 5.41) is 2.66. The summed E-state index contributed by atoms with van der Waals surface area (Å²) >= 11 is 0. The number of aromatic nitrogens is 2. The molecule has 0 aliphatic carbocycles. The van der Waals surface area contributed by atoms with E-state index in [0.717, 1.165) is 10.3 Å². The molecular formula is C12H13N3O4. The van der Waals surface area contributed by atoms with E-state index in [0.29, 0.717) is 13.0 Å². The van der Waals surface area contributed by atoms with E-state index in [-0.39, 0.29) is 12.5 Å². The van der Waals surface area contributed by atoms with E-state index < -0.39 is 11.2 Å². The van der Waals surface area contributed by atoms with E-state index in [9.17, 15) is 14.4 Å². The lowest BCUT2D eigenvalue weighted by Crippen LogP contribution is -2.36. The molecule has 0 spiro atoms. The summed E-state index contributed by atoms with van der Waals surface area (Å²) in [6, 6.07) is 4.78. The van der Waals surface area contributed by atoms with Gasteiger partial charge >= 0.3 is 5.69 Å². The van der Waals surface area contributed by atoms with Gasteiger partial charge in [-0.1, -0.05) is 0 Å². The molecule has 2 aromatic rings. The zero-order valence-electron chi connectivity index (χ0n) is 10.1. The van der Waals surface area contributed by atoms with Crippen LogP contribution >= 0.6 is 0 Å². The van der Waals surface area contributed by atoms with Crippen molar-refractivity contribution in [3.63, 3.8) is 0 Å². The van der Waals surface area contributed by atoms with Gasteiger partial charge in [-0.3, -0.25) is 19.1 Å². The number of H-pyrrole nitrogens is 1. The average molecular weight is 263 g/mol. The lowest BCUT2D eigenvalue weighted by atomic mass is 10.3. The number of rotatable bonds is 5. The maximum absolute atomic E-state index is 11.6. The van der Waals surface area contributed by atoms with E-state index >= 15 is 0 Å². The van der Waals surface area contributed by atoms with E-state index in [1.165, 1.54) is 12.3 Å². The van der Waals surface area contributed by atoms with Crippen LogP contribution < -0.4 is 16.6 Å². The fraction of sp³-hybridized carbons (Fsp3) is 0.250. The van der Waals surface area contributed by atoms with Gasteiger partial charge in [-0.15, -0.1) is 0 Å². The number of nitrogens with one attached hydrogen (secondary N) is 2. The molecule has 0 bridgehead atoms. The number of amides is 1. The molecule has 2 heterocycles. The second kappa shape index (κ2) is 5.85. The Morgan fingerprint density at radius 1 is 1.37 bits per heavy atom. The van der Waals surface area contributed by atoms with Crippen molar-refractivity contribution in [3.05, 3.63) is 57.3 Å². The Labute approximate surface area is 107 Å². The van der Waals surface area contributed by atoms with Crippen LogP contribution in [-0.2, 0) is 17.8 Å². The van der Waals surface area contributed by atoms with Crippen molar-refractivity contribution in [1.29, 1.82) is 0 Å². The smallest absolute Gasteiger partial charge is 0.328 e. The molecule has 0 radical (unpaired) electrons. The van der Waals surface area contributed by atoms with Gasteiger partial charge < -0.3 is 9.73 Å². The molecule has 19 heavy (non-hydrogen) atoms. The molecule has 0 saturated heterocycles. The summed E-state index contributed by atoms with van der Waals surface area (Å²) in [6.07, 6.45) is 3.43. The molecule has 1 amide bonds. The second-order valence-electron chi connectivity index (χ2n) is 3.92. The minimum atomic E-state index is -0.603. The molecule has 0 aromatic carbocycles. The minimum Gasteiger partial charge on any atom is -0.469 e. The first-order valence-electron chi connectivity index (χ1n) is 5.74. The molecule has 0 unspecified atom stereocenters. The van der Waals surface area contributed by atoms with Crippen LogP contribution in [0.5, 0.6) is 0 Å². The average Bonchev–Trinajstić information content (AvgIpc) is 2.86. The van der Waals surface area contributed by atoms with Crippen LogP contribution in [0, 0.1) is 0 Å². The van der Waals surface area contributed by atoms with Crippen LogP contribution in [0.15, 0.2) is 44.7 Å². The first-order valence-corrected chi connectivity index (χ1v) is 5.74. The van der Waals surface area contributed by atoms with Gasteiger partial charge in [0.25, 0.3) is 5.56 Å². The third-order valence-corrected chi connectivity index (χ3v) is 2.48. The van der Waals surface area contributed by atoms with Gasteiger partial charge in [0.2, 0.25) is 5.91 Å². The van der Waals surface area contributed by atoms with Gasteiger partial charge in [-0.25, -0.2) is 4.79 Å². The Morgan fingerprint density at radius 2 is 2.21 bits per heavy atom. The van der Waals surface area contributed by atoms with Crippen molar-refractivity contribution in [1.82, 2.24) is 14.9 Å². The maximum Gasteiger partial charge on any atom is 0.328 e. The number of furan rings is 1. The summed E-state index contributed by atoms with van der Waals surface area (Å²) in [5.41, 5.74) is -1.09. The third-order valence-electron chi connectivity index (χ3n) is 2.48. The molecule has 100 valence electrons. The Morgan fingerprint density at radius 3 is 2.89 bits per heavy atom. The van der Waals surface area contributed by atoms with Crippen LogP contribution in [0.2, 0.25) is 0 Å². The Balaban J connectivity index is 1.84. The van der Waals surface area contributed by atoms with Crippen molar-refractivity contribution < 1.29 is 9.21 Å². The molecule has 0 saturated carbocycles. The molecule has 7 nitrogen and oxygen atoms in total. The highest BCUT2D eigenvalue weighted by Crippen LogP contribution is 1.99. The summed E-state index contributed by atoms with van der Waals surface area (Å²) in [4.78, 5) is 35.9. The first kappa shape index (κ1) is 12.9. The van der Waals surface area contributed by atoms with E-state index in [2.05, 4.69) is 10.3 Å². The quantitative estimate of drug-likeness (QED) is 0.759. The van der Waals surface area contributed by atoms with E-state index in [1.54, 1.807) is 12.3 Å². The third kappa shape index (κ3) is 3.70. The van der Waals surface area contributed by atoms with Crippen molar-refractivity contribution in [2.45, 2.75) is 13.0 Å². The highest BCUT2D eigenvalue weighted by Gasteiger charge is 2.04. The van der Waals surface area contributed by atoms with Gasteiger partial charge in [0.15, 0.2) is 0 Å². The van der Waals surface area contributed by atoms with Crippen LogP contribution in [-0.4, -0.2) is 22.0 Å². The van der Waals surface area contributed by atoms with Gasteiger partial charge in [-0.2, -0.15) is 0 Å². The topological polar surface area (TPSA) is 97.1 Å². The summed E-state index contributed by atoms with van der Waals surface area (Å²) in [7, 11) is 0. The van der Waals surface area contributed by atoms with Crippen molar-refractivity contribution in [2.24, 2.45) is 0 Å².